The number of alkyl halides is 1. The maximum atomic E-state index is 5.99. The lowest BCUT2D eigenvalue weighted by Crippen LogP contribution is -2.11. The van der Waals surface area contributed by atoms with E-state index >= 15 is 0 Å². The van der Waals surface area contributed by atoms with E-state index in [-0.39, 0.29) is 0 Å². The van der Waals surface area contributed by atoms with Crippen LogP contribution in [0.25, 0.3) is 11.0 Å². The minimum Gasteiger partial charge on any atom is -0.325 e. The minimum absolute atomic E-state index is 0.582. The van der Waals surface area contributed by atoms with Crippen LogP contribution in [0, 0.1) is 0 Å². The van der Waals surface area contributed by atoms with Crippen molar-refractivity contribution in [3.05, 3.63) is 28.5 Å². The lowest BCUT2D eigenvalue weighted by Gasteiger charge is -2.17. The average molecular weight is 388 g/mol. The predicted octanol–water partition coefficient (Wildman–Crippen LogP) is 5.43. The van der Waals surface area contributed by atoms with Gasteiger partial charge in [0, 0.05) is 28.1 Å². The average Bonchev–Trinajstić information content (AvgIpc) is 3.03. The Balaban J connectivity index is 1.97. The standard InChI is InChI=1S/C16H20BrClN2S/c1-2-21-13-5-4-12(10-13)20-15-6-3-11(17)9-14(15)19-16(20)7-8-18/h3,6,9,12-13H,2,4-5,7-8,10H2,1H3. The first-order valence-corrected chi connectivity index (χ1v) is 9.94. The molecule has 2 aromatic rings. The second-order valence-corrected chi connectivity index (χ2v) is 8.39. The van der Waals surface area contributed by atoms with Crippen molar-refractivity contribution in [3.8, 4) is 0 Å². The third-order valence-corrected chi connectivity index (χ3v) is 6.08. The summed E-state index contributed by atoms with van der Waals surface area (Å²) >= 11 is 11.6. The number of halogens is 2. The van der Waals surface area contributed by atoms with Crippen LogP contribution in [-0.2, 0) is 6.42 Å². The molecule has 1 saturated carbocycles. The van der Waals surface area contributed by atoms with E-state index in [0.717, 1.165) is 27.5 Å². The van der Waals surface area contributed by atoms with E-state index in [0.29, 0.717) is 11.9 Å². The van der Waals surface area contributed by atoms with Crippen molar-refractivity contribution in [2.75, 3.05) is 11.6 Å². The maximum absolute atomic E-state index is 5.99. The molecule has 114 valence electrons. The number of hydrogen-bond donors (Lipinski definition) is 0. The Morgan fingerprint density at radius 1 is 1.43 bits per heavy atom. The van der Waals surface area contributed by atoms with E-state index in [1.165, 1.54) is 30.5 Å². The number of nitrogens with zero attached hydrogens (tertiary/aromatic N) is 2. The lowest BCUT2D eigenvalue weighted by atomic mass is 10.2. The molecule has 0 radical (unpaired) electrons. The number of rotatable bonds is 5. The molecule has 21 heavy (non-hydrogen) atoms. The molecule has 0 N–H and O–H groups in total. The van der Waals surface area contributed by atoms with E-state index in [1.54, 1.807) is 0 Å². The van der Waals surface area contributed by atoms with Crippen LogP contribution in [0.3, 0.4) is 0 Å². The Labute approximate surface area is 143 Å². The Morgan fingerprint density at radius 3 is 3.05 bits per heavy atom. The fourth-order valence-electron chi connectivity index (χ4n) is 3.33. The van der Waals surface area contributed by atoms with E-state index in [1.807, 2.05) is 0 Å². The lowest BCUT2D eigenvalue weighted by molar-refractivity contribution is 0.514. The summed E-state index contributed by atoms with van der Waals surface area (Å²) in [5.41, 5.74) is 2.33. The Morgan fingerprint density at radius 2 is 2.29 bits per heavy atom. The van der Waals surface area contributed by atoms with Crippen molar-refractivity contribution in [3.63, 3.8) is 0 Å². The first-order chi connectivity index (χ1) is 10.2. The van der Waals surface area contributed by atoms with Gasteiger partial charge in [0.25, 0.3) is 0 Å². The molecule has 1 fully saturated rings. The van der Waals surface area contributed by atoms with Crippen molar-refractivity contribution in [2.24, 2.45) is 0 Å². The Kier molecular flexibility index (Phi) is 5.18. The molecule has 0 saturated heterocycles. The highest BCUT2D eigenvalue weighted by Crippen LogP contribution is 2.39. The molecule has 0 spiro atoms. The summed E-state index contributed by atoms with van der Waals surface area (Å²) in [4.78, 5) is 4.82. The maximum Gasteiger partial charge on any atom is 0.111 e. The molecule has 2 unspecified atom stereocenters. The number of hydrogen-bond acceptors (Lipinski definition) is 2. The molecule has 1 aliphatic carbocycles. The molecule has 0 amide bonds. The van der Waals surface area contributed by atoms with Gasteiger partial charge in [-0.1, -0.05) is 22.9 Å². The summed E-state index contributed by atoms with van der Waals surface area (Å²) < 4.78 is 3.54. The highest BCUT2D eigenvalue weighted by atomic mass is 79.9. The van der Waals surface area contributed by atoms with Gasteiger partial charge in [0.1, 0.15) is 5.82 Å². The molecule has 1 aromatic carbocycles. The first kappa shape index (κ1) is 15.7. The third kappa shape index (κ3) is 3.27. The van der Waals surface area contributed by atoms with E-state index < -0.39 is 0 Å². The molecule has 2 nitrogen and oxygen atoms in total. The van der Waals surface area contributed by atoms with Crippen molar-refractivity contribution < 1.29 is 0 Å². The van der Waals surface area contributed by atoms with Gasteiger partial charge < -0.3 is 4.57 Å². The topological polar surface area (TPSA) is 17.8 Å². The van der Waals surface area contributed by atoms with Gasteiger partial charge in [0.2, 0.25) is 0 Å². The van der Waals surface area contributed by atoms with Crippen LogP contribution in [0.5, 0.6) is 0 Å². The number of fused-ring (bicyclic) bond motifs is 1. The smallest absolute Gasteiger partial charge is 0.111 e. The van der Waals surface area contributed by atoms with Gasteiger partial charge >= 0.3 is 0 Å². The molecule has 0 aliphatic heterocycles. The van der Waals surface area contributed by atoms with Gasteiger partial charge in [-0.25, -0.2) is 4.98 Å². The highest BCUT2D eigenvalue weighted by molar-refractivity contribution is 9.10. The highest BCUT2D eigenvalue weighted by Gasteiger charge is 2.28. The molecule has 1 aliphatic rings. The van der Waals surface area contributed by atoms with Gasteiger partial charge in [-0.05, 0) is 43.2 Å². The fraction of sp³-hybridized carbons (Fsp3) is 0.562. The third-order valence-electron chi connectivity index (χ3n) is 4.17. The molecule has 1 aromatic heterocycles. The number of benzene rings is 1. The molecule has 0 bridgehead atoms. The van der Waals surface area contributed by atoms with Gasteiger partial charge in [-0.15, -0.1) is 11.6 Å². The number of thioether (sulfide) groups is 1. The van der Waals surface area contributed by atoms with E-state index in [4.69, 9.17) is 16.6 Å². The molecule has 5 heteroatoms. The van der Waals surface area contributed by atoms with Crippen LogP contribution in [0.15, 0.2) is 22.7 Å². The normalized spacial score (nSPS) is 22.2. The summed E-state index contributed by atoms with van der Waals surface area (Å²) in [5, 5.41) is 0.803. The fourth-order valence-corrected chi connectivity index (χ4v) is 4.98. The molecular formula is C16H20BrClN2S. The first-order valence-electron chi connectivity index (χ1n) is 7.56. The predicted molar refractivity (Wildman–Crippen MR) is 96.7 cm³/mol. The largest absolute Gasteiger partial charge is 0.325 e. The van der Waals surface area contributed by atoms with Crippen molar-refractivity contribution in [2.45, 2.75) is 43.9 Å². The number of imidazole rings is 1. The summed E-state index contributed by atoms with van der Waals surface area (Å²) in [5.74, 6) is 2.98. The zero-order valence-electron chi connectivity index (χ0n) is 12.2. The summed E-state index contributed by atoms with van der Waals surface area (Å²) in [6, 6.07) is 6.98. The van der Waals surface area contributed by atoms with Crippen molar-refractivity contribution in [1.82, 2.24) is 9.55 Å². The van der Waals surface area contributed by atoms with E-state index in [9.17, 15) is 0 Å². The second kappa shape index (κ2) is 6.93. The van der Waals surface area contributed by atoms with Crippen LogP contribution >= 0.6 is 39.3 Å². The van der Waals surface area contributed by atoms with Crippen LogP contribution in [0.2, 0.25) is 0 Å². The second-order valence-electron chi connectivity index (χ2n) is 5.51. The molecular weight excluding hydrogens is 368 g/mol. The zero-order chi connectivity index (χ0) is 14.8. The Bertz CT molecular complexity index is 628. The van der Waals surface area contributed by atoms with Crippen LogP contribution in [-0.4, -0.2) is 26.4 Å². The summed E-state index contributed by atoms with van der Waals surface area (Å²) in [7, 11) is 0. The van der Waals surface area contributed by atoms with Crippen LogP contribution < -0.4 is 0 Å². The minimum atomic E-state index is 0.582. The van der Waals surface area contributed by atoms with Crippen LogP contribution in [0.1, 0.15) is 38.1 Å². The molecule has 3 rings (SSSR count). The summed E-state index contributed by atoms with van der Waals surface area (Å²) in [6.45, 7) is 2.25. The summed E-state index contributed by atoms with van der Waals surface area (Å²) in [6.07, 6.45) is 4.68. The van der Waals surface area contributed by atoms with Gasteiger partial charge in [0.15, 0.2) is 0 Å². The van der Waals surface area contributed by atoms with E-state index in [2.05, 4.69) is 57.4 Å². The van der Waals surface area contributed by atoms with Gasteiger partial charge in [-0.2, -0.15) is 11.8 Å². The Hall–Kier alpha value is -0.190. The monoisotopic (exact) mass is 386 g/mol. The van der Waals surface area contributed by atoms with Gasteiger partial charge in [-0.3, -0.25) is 0 Å². The molecule has 2 atom stereocenters. The zero-order valence-corrected chi connectivity index (χ0v) is 15.3. The SMILES string of the molecule is CCSC1CCC(n2c(CCCl)nc3cc(Br)ccc32)C1. The van der Waals surface area contributed by atoms with Gasteiger partial charge in [0.05, 0.1) is 11.0 Å². The van der Waals surface area contributed by atoms with Crippen LogP contribution in [0.4, 0.5) is 0 Å². The number of aromatic nitrogens is 2. The van der Waals surface area contributed by atoms with Crippen molar-refractivity contribution >= 4 is 50.3 Å². The van der Waals surface area contributed by atoms with Crippen molar-refractivity contribution in [1.29, 1.82) is 0 Å². The molecule has 1 heterocycles. The number of aryl methyl sites for hydroxylation is 1. The quantitative estimate of drug-likeness (QED) is 0.637.